The van der Waals surface area contributed by atoms with E-state index < -0.39 is 0 Å². The van der Waals surface area contributed by atoms with Crippen molar-refractivity contribution in [1.29, 1.82) is 0 Å². The van der Waals surface area contributed by atoms with Crippen LogP contribution in [0.2, 0.25) is 0 Å². The molecule has 114 valence electrons. The number of hydrogen-bond acceptors (Lipinski definition) is 5. The first kappa shape index (κ1) is 16.8. The summed E-state index contributed by atoms with van der Waals surface area (Å²) in [7, 11) is 3.44. The largest absolute Gasteiger partial charge is 0.493 e. The minimum Gasteiger partial charge on any atom is -0.493 e. The van der Waals surface area contributed by atoms with E-state index in [2.05, 4.69) is 4.90 Å². The molecule has 0 aromatic heterocycles. The lowest BCUT2D eigenvalue weighted by Gasteiger charge is -2.21. The van der Waals surface area contributed by atoms with Crippen molar-refractivity contribution in [3.05, 3.63) is 24.3 Å². The SMILES string of the molecule is COCCN(CCCOc1cccc(N)c1)CCOC. The molecule has 0 atom stereocenters. The minimum atomic E-state index is 0.680. The third-order valence-corrected chi connectivity index (χ3v) is 2.97. The Morgan fingerprint density at radius 3 is 2.30 bits per heavy atom. The molecule has 0 radical (unpaired) electrons. The molecule has 1 rings (SSSR count). The zero-order valence-corrected chi connectivity index (χ0v) is 12.5. The van der Waals surface area contributed by atoms with Crippen LogP contribution >= 0.6 is 0 Å². The van der Waals surface area contributed by atoms with Gasteiger partial charge in [-0.05, 0) is 18.6 Å². The maximum atomic E-state index is 5.70. The molecule has 1 aromatic carbocycles. The van der Waals surface area contributed by atoms with Crippen LogP contribution in [0.25, 0.3) is 0 Å². The molecule has 0 saturated carbocycles. The fraction of sp³-hybridized carbons (Fsp3) is 0.600. The standard InChI is InChI=1S/C15H26N2O3/c1-18-11-8-17(9-12-19-2)7-4-10-20-15-6-3-5-14(16)13-15/h3,5-6,13H,4,7-12,16H2,1-2H3. The molecule has 2 N–H and O–H groups in total. The van der Waals surface area contributed by atoms with Gasteiger partial charge >= 0.3 is 0 Å². The van der Waals surface area contributed by atoms with Gasteiger partial charge in [0.15, 0.2) is 0 Å². The van der Waals surface area contributed by atoms with Gasteiger partial charge in [-0.3, -0.25) is 4.90 Å². The average Bonchev–Trinajstić information content (AvgIpc) is 2.45. The quantitative estimate of drug-likeness (QED) is 0.494. The predicted molar refractivity (Wildman–Crippen MR) is 81.2 cm³/mol. The second-order valence-corrected chi connectivity index (χ2v) is 4.60. The van der Waals surface area contributed by atoms with Crippen molar-refractivity contribution in [1.82, 2.24) is 4.90 Å². The third kappa shape index (κ3) is 7.33. The van der Waals surface area contributed by atoms with Gasteiger partial charge in [-0.2, -0.15) is 0 Å². The van der Waals surface area contributed by atoms with Crippen molar-refractivity contribution in [3.63, 3.8) is 0 Å². The van der Waals surface area contributed by atoms with Gasteiger partial charge in [-0.25, -0.2) is 0 Å². The molecular weight excluding hydrogens is 256 g/mol. The topological polar surface area (TPSA) is 57.0 Å². The van der Waals surface area contributed by atoms with E-state index in [4.69, 9.17) is 19.9 Å². The Labute approximate surface area is 121 Å². The van der Waals surface area contributed by atoms with Gasteiger partial charge < -0.3 is 19.9 Å². The summed E-state index contributed by atoms with van der Waals surface area (Å²) in [5.74, 6) is 0.824. The van der Waals surface area contributed by atoms with Crippen LogP contribution < -0.4 is 10.5 Å². The van der Waals surface area contributed by atoms with Crippen LogP contribution in [0.4, 0.5) is 5.69 Å². The van der Waals surface area contributed by atoms with E-state index in [1.54, 1.807) is 14.2 Å². The Bertz CT molecular complexity index is 353. The molecule has 0 unspecified atom stereocenters. The number of nitrogens with zero attached hydrogens (tertiary/aromatic N) is 1. The van der Waals surface area contributed by atoms with Crippen LogP contribution in [0, 0.1) is 0 Å². The maximum absolute atomic E-state index is 5.70. The van der Waals surface area contributed by atoms with Gasteiger partial charge in [0.05, 0.1) is 19.8 Å². The summed E-state index contributed by atoms with van der Waals surface area (Å²) in [4.78, 5) is 2.32. The van der Waals surface area contributed by atoms with E-state index in [0.717, 1.165) is 50.7 Å². The Morgan fingerprint density at radius 2 is 1.70 bits per heavy atom. The summed E-state index contributed by atoms with van der Waals surface area (Å²) >= 11 is 0. The van der Waals surface area contributed by atoms with Crippen LogP contribution in [-0.4, -0.2) is 58.6 Å². The predicted octanol–water partition coefficient (Wildman–Crippen LogP) is 1.63. The first-order chi connectivity index (χ1) is 9.76. The van der Waals surface area contributed by atoms with Gasteiger partial charge in [0.1, 0.15) is 5.75 Å². The van der Waals surface area contributed by atoms with Gasteiger partial charge in [0, 0.05) is 45.6 Å². The highest BCUT2D eigenvalue weighted by Gasteiger charge is 2.04. The van der Waals surface area contributed by atoms with Crippen molar-refractivity contribution >= 4 is 5.69 Å². The summed E-state index contributed by atoms with van der Waals surface area (Å²) in [6.45, 7) is 4.95. The molecule has 1 aromatic rings. The summed E-state index contributed by atoms with van der Waals surface area (Å²) in [6, 6.07) is 7.51. The zero-order valence-electron chi connectivity index (χ0n) is 12.5. The molecule has 0 saturated heterocycles. The first-order valence-corrected chi connectivity index (χ1v) is 6.95. The molecule has 0 heterocycles. The summed E-state index contributed by atoms with van der Waals surface area (Å²) in [6.07, 6.45) is 0.961. The lowest BCUT2D eigenvalue weighted by atomic mass is 10.3. The molecule has 0 amide bonds. The number of hydrogen-bond donors (Lipinski definition) is 1. The average molecular weight is 282 g/mol. The van der Waals surface area contributed by atoms with Gasteiger partial charge in [0.2, 0.25) is 0 Å². The molecule has 0 aliphatic carbocycles. The lowest BCUT2D eigenvalue weighted by molar-refractivity contribution is 0.110. The minimum absolute atomic E-state index is 0.680. The molecule has 5 heteroatoms. The molecule has 0 aliphatic rings. The first-order valence-electron chi connectivity index (χ1n) is 6.95. The number of anilines is 1. The summed E-state index contributed by atoms with van der Waals surface area (Å²) in [5, 5.41) is 0. The van der Waals surface area contributed by atoms with Crippen LogP contribution in [-0.2, 0) is 9.47 Å². The van der Waals surface area contributed by atoms with Gasteiger partial charge in [-0.15, -0.1) is 0 Å². The fourth-order valence-corrected chi connectivity index (χ4v) is 1.86. The fourth-order valence-electron chi connectivity index (χ4n) is 1.86. The van der Waals surface area contributed by atoms with Crippen molar-refractivity contribution < 1.29 is 14.2 Å². The Kier molecular flexibility index (Phi) is 8.78. The second-order valence-electron chi connectivity index (χ2n) is 4.60. The number of methoxy groups -OCH3 is 2. The number of nitrogens with two attached hydrogens (primary N) is 1. The lowest BCUT2D eigenvalue weighted by Crippen LogP contribution is -2.32. The third-order valence-electron chi connectivity index (χ3n) is 2.97. The molecule has 0 aliphatic heterocycles. The number of ether oxygens (including phenoxy) is 3. The summed E-state index contributed by atoms with van der Waals surface area (Å²) < 4.78 is 15.9. The van der Waals surface area contributed by atoms with E-state index in [9.17, 15) is 0 Å². The summed E-state index contributed by atoms with van der Waals surface area (Å²) in [5.41, 5.74) is 6.43. The highest BCUT2D eigenvalue weighted by Crippen LogP contribution is 2.14. The van der Waals surface area contributed by atoms with Crippen molar-refractivity contribution in [2.45, 2.75) is 6.42 Å². The van der Waals surface area contributed by atoms with Crippen molar-refractivity contribution in [2.24, 2.45) is 0 Å². The molecule has 5 nitrogen and oxygen atoms in total. The van der Waals surface area contributed by atoms with Crippen LogP contribution in [0.5, 0.6) is 5.75 Å². The van der Waals surface area contributed by atoms with E-state index in [0.29, 0.717) is 6.61 Å². The normalized spacial score (nSPS) is 10.9. The highest BCUT2D eigenvalue weighted by molar-refractivity contribution is 5.43. The van der Waals surface area contributed by atoms with Gasteiger partial charge in [0.25, 0.3) is 0 Å². The number of nitrogen functional groups attached to an aromatic ring is 1. The Balaban J connectivity index is 2.21. The van der Waals surface area contributed by atoms with E-state index in [-0.39, 0.29) is 0 Å². The highest BCUT2D eigenvalue weighted by atomic mass is 16.5. The Hall–Kier alpha value is -1.30. The van der Waals surface area contributed by atoms with Gasteiger partial charge in [-0.1, -0.05) is 6.07 Å². The molecule has 0 bridgehead atoms. The van der Waals surface area contributed by atoms with E-state index in [1.807, 2.05) is 24.3 Å². The van der Waals surface area contributed by atoms with Crippen LogP contribution in [0.15, 0.2) is 24.3 Å². The van der Waals surface area contributed by atoms with E-state index >= 15 is 0 Å². The molecule has 0 fully saturated rings. The number of benzene rings is 1. The second kappa shape index (κ2) is 10.5. The van der Waals surface area contributed by atoms with Crippen molar-refractivity contribution in [2.75, 3.05) is 59.4 Å². The van der Waals surface area contributed by atoms with Crippen molar-refractivity contribution in [3.8, 4) is 5.75 Å². The molecule has 20 heavy (non-hydrogen) atoms. The Morgan fingerprint density at radius 1 is 1.00 bits per heavy atom. The maximum Gasteiger partial charge on any atom is 0.121 e. The van der Waals surface area contributed by atoms with E-state index in [1.165, 1.54) is 0 Å². The molecule has 0 spiro atoms. The van der Waals surface area contributed by atoms with Crippen LogP contribution in [0.3, 0.4) is 0 Å². The zero-order chi connectivity index (χ0) is 14.6. The smallest absolute Gasteiger partial charge is 0.121 e. The monoisotopic (exact) mass is 282 g/mol. The van der Waals surface area contributed by atoms with Crippen LogP contribution in [0.1, 0.15) is 6.42 Å². The number of rotatable bonds is 11. The molecular formula is C15H26N2O3.